The molecule has 1 aromatic rings. The van der Waals surface area contributed by atoms with Crippen LogP contribution in [0.5, 0.6) is 0 Å². The summed E-state index contributed by atoms with van der Waals surface area (Å²) in [6, 6.07) is 4.93. The maximum Gasteiger partial charge on any atom is 0.304 e. The van der Waals surface area contributed by atoms with Crippen molar-refractivity contribution in [1.29, 1.82) is 0 Å². The summed E-state index contributed by atoms with van der Waals surface area (Å²) in [4.78, 5) is 12.2. The molecule has 0 saturated carbocycles. The Hall–Kier alpha value is -0.810. The normalized spacial score (nSPS) is 12.7. The van der Waals surface area contributed by atoms with Gasteiger partial charge in [0.25, 0.3) is 0 Å². The van der Waals surface area contributed by atoms with Gasteiger partial charge in [-0.2, -0.15) is 0 Å². The average molecular weight is 292 g/mol. The standard InChI is InChI=1S/C12H15Cl2NO3/c1-15(5-4-12(17)18)7-11(16)8-2-3-9(13)10(14)6-8/h2-3,6,11,16H,4-5,7H2,1H3,(H,17,18). The van der Waals surface area contributed by atoms with Crippen LogP contribution in [0.3, 0.4) is 0 Å². The van der Waals surface area contributed by atoms with Gasteiger partial charge in [0.2, 0.25) is 0 Å². The van der Waals surface area contributed by atoms with Crippen LogP contribution < -0.4 is 0 Å². The molecule has 18 heavy (non-hydrogen) atoms. The summed E-state index contributed by atoms with van der Waals surface area (Å²) in [6.07, 6.45) is -0.677. The summed E-state index contributed by atoms with van der Waals surface area (Å²) in [5.41, 5.74) is 0.659. The molecule has 0 aromatic heterocycles. The molecule has 1 aromatic carbocycles. The minimum atomic E-state index is -0.856. The Labute approximate surface area is 116 Å². The average Bonchev–Trinajstić information content (AvgIpc) is 2.30. The number of carboxylic acids is 1. The number of aliphatic carboxylic acids is 1. The summed E-state index contributed by atoms with van der Waals surface area (Å²) >= 11 is 11.6. The van der Waals surface area contributed by atoms with Crippen LogP contribution >= 0.6 is 23.2 Å². The summed E-state index contributed by atoms with van der Waals surface area (Å²) in [5, 5.41) is 19.4. The zero-order chi connectivity index (χ0) is 13.7. The Kier molecular flexibility index (Phi) is 5.88. The maximum absolute atomic E-state index is 10.4. The smallest absolute Gasteiger partial charge is 0.304 e. The molecule has 0 heterocycles. The van der Waals surface area contributed by atoms with Crippen molar-refractivity contribution in [2.24, 2.45) is 0 Å². The van der Waals surface area contributed by atoms with Gasteiger partial charge in [0.1, 0.15) is 0 Å². The van der Waals surface area contributed by atoms with Crippen LogP contribution in [0, 0.1) is 0 Å². The molecule has 4 nitrogen and oxygen atoms in total. The van der Waals surface area contributed by atoms with Crippen LogP contribution in [-0.4, -0.2) is 41.2 Å². The van der Waals surface area contributed by atoms with E-state index in [1.54, 1.807) is 30.1 Å². The van der Waals surface area contributed by atoms with Crippen molar-refractivity contribution >= 4 is 29.2 Å². The third-order valence-corrected chi connectivity index (χ3v) is 3.26. The fraction of sp³-hybridized carbons (Fsp3) is 0.417. The van der Waals surface area contributed by atoms with Gasteiger partial charge >= 0.3 is 5.97 Å². The summed E-state index contributed by atoms with van der Waals surface area (Å²) in [5.74, 6) is -0.856. The molecule has 0 aliphatic heterocycles. The molecule has 100 valence electrons. The summed E-state index contributed by atoms with van der Waals surface area (Å²) in [7, 11) is 1.75. The number of carbonyl (C=O) groups is 1. The second-order valence-corrected chi connectivity index (χ2v) is 4.91. The van der Waals surface area contributed by atoms with Crippen molar-refractivity contribution in [2.75, 3.05) is 20.1 Å². The molecule has 0 bridgehead atoms. The van der Waals surface area contributed by atoms with E-state index in [9.17, 15) is 9.90 Å². The number of likely N-dealkylation sites (N-methyl/N-ethyl adjacent to an activating group) is 1. The number of halogens is 2. The molecule has 0 radical (unpaired) electrons. The van der Waals surface area contributed by atoms with Crippen molar-refractivity contribution in [2.45, 2.75) is 12.5 Å². The summed E-state index contributed by atoms with van der Waals surface area (Å²) < 4.78 is 0. The van der Waals surface area contributed by atoms with Gasteiger partial charge in [-0.3, -0.25) is 4.79 Å². The molecule has 1 unspecified atom stereocenters. The molecular formula is C12H15Cl2NO3. The Balaban J connectivity index is 2.56. The van der Waals surface area contributed by atoms with E-state index < -0.39 is 12.1 Å². The van der Waals surface area contributed by atoms with E-state index in [0.29, 0.717) is 28.7 Å². The first-order valence-corrected chi connectivity index (χ1v) is 6.19. The van der Waals surface area contributed by atoms with Crippen LogP contribution in [0.25, 0.3) is 0 Å². The number of hydrogen-bond donors (Lipinski definition) is 2. The molecular weight excluding hydrogens is 277 g/mol. The van der Waals surface area contributed by atoms with Gasteiger partial charge in [0, 0.05) is 13.1 Å². The lowest BCUT2D eigenvalue weighted by atomic mass is 10.1. The van der Waals surface area contributed by atoms with Gasteiger partial charge in [0.05, 0.1) is 22.6 Å². The predicted octanol–water partition coefficient (Wildman–Crippen LogP) is 2.43. The first-order valence-electron chi connectivity index (χ1n) is 5.43. The van der Waals surface area contributed by atoms with E-state index in [4.69, 9.17) is 28.3 Å². The molecule has 0 aliphatic rings. The van der Waals surface area contributed by atoms with E-state index in [1.165, 1.54) is 0 Å². The van der Waals surface area contributed by atoms with Gasteiger partial charge in [0.15, 0.2) is 0 Å². The second-order valence-electron chi connectivity index (χ2n) is 4.10. The molecule has 0 fully saturated rings. The van der Waals surface area contributed by atoms with Crippen molar-refractivity contribution in [3.05, 3.63) is 33.8 Å². The molecule has 6 heteroatoms. The monoisotopic (exact) mass is 291 g/mol. The number of hydrogen-bond acceptors (Lipinski definition) is 3. The Morgan fingerprint density at radius 1 is 1.39 bits per heavy atom. The van der Waals surface area contributed by atoms with E-state index in [1.807, 2.05) is 0 Å². The highest BCUT2D eigenvalue weighted by Gasteiger charge is 2.12. The highest BCUT2D eigenvalue weighted by atomic mass is 35.5. The topological polar surface area (TPSA) is 60.8 Å². The third-order valence-electron chi connectivity index (χ3n) is 2.52. The number of carboxylic acid groups (broad SMARTS) is 1. The van der Waals surface area contributed by atoms with E-state index in [-0.39, 0.29) is 6.42 Å². The Bertz CT molecular complexity index is 426. The Morgan fingerprint density at radius 2 is 2.06 bits per heavy atom. The number of rotatable bonds is 6. The van der Waals surface area contributed by atoms with Crippen molar-refractivity contribution in [1.82, 2.24) is 4.90 Å². The third kappa shape index (κ3) is 4.82. The maximum atomic E-state index is 10.4. The van der Waals surface area contributed by atoms with Crippen LogP contribution in [-0.2, 0) is 4.79 Å². The number of aliphatic hydroxyl groups is 1. The zero-order valence-electron chi connectivity index (χ0n) is 9.94. The van der Waals surface area contributed by atoms with E-state index in [0.717, 1.165) is 0 Å². The highest BCUT2D eigenvalue weighted by Crippen LogP contribution is 2.25. The molecule has 0 amide bonds. The van der Waals surface area contributed by atoms with Crippen molar-refractivity contribution < 1.29 is 15.0 Å². The SMILES string of the molecule is CN(CCC(=O)O)CC(O)c1ccc(Cl)c(Cl)c1. The lowest BCUT2D eigenvalue weighted by Crippen LogP contribution is -2.27. The van der Waals surface area contributed by atoms with Crippen LogP contribution in [0.2, 0.25) is 10.0 Å². The van der Waals surface area contributed by atoms with Crippen LogP contribution in [0.1, 0.15) is 18.1 Å². The zero-order valence-corrected chi connectivity index (χ0v) is 11.4. The van der Waals surface area contributed by atoms with E-state index in [2.05, 4.69) is 0 Å². The van der Waals surface area contributed by atoms with Gasteiger partial charge in [-0.25, -0.2) is 0 Å². The lowest BCUT2D eigenvalue weighted by molar-refractivity contribution is -0.137. The van der Waals surface area contributed by atoms with Gasteiger partial charge in [-0.05, 0) is 24.7 Å². The van der Waals surface area contributed by atoms with Crippen molar-refractivity contribution in [3.8, 4) is 0 Å². The quantitative estimate of drug-likeness (QED) is 0.845. The van der Waals surface area contributed by atoms with Crippen LogP contribution in [0.4, 0.5) is 0 Å². The fourth-order valence-electron chi connectivity index (χ4n) is 1.50. The van der Waals surface area contributed by atoms with Gasteiger partial charge in [-0.1, -0.05) is 29.3 Å². The van der Waals surface area contributed by atoms with E-state index >= 15 is 0 Å². The highest BCUT2D eigenvalue weighted by molar-refractivity contribution is 6.42. The minimum absolute atomic E-state index is 0.0462. The predicted molar refractivity (Wildman–Crippen MR) is 71.2 cm³/mol. The first kappa shape index (κ1) is 15.2. The molecule has 1 rings (SSSR count). The van der Waals surface area contributed by atoms with Crippen LogP contribution in [0.15, 0.2) is 18.2 Å². The second kappa shape index (κ2) is 6.95. The largest absolute Gasteiger partial charge is 0.481 e. The number of benzene rings is 1. The number of aliphatic hydroxyl groups excluding tert-OH is 1. The number of nitrogens with zero attached hydrogens (tertiary/aromatic N) is 1. The Morgan fingerprint density at radius 3 is 2.61 bits per heavy atom. The van der Waals surface area contributed by atoms with Gasteiger partial charge < -0.3 is 15.1 Å². The molecule has 0 aliphatic carbocycles. The molecule has 0 saturated heterocycles. The van der Waals surface area contributed by atoms with Crippen molar-refractivity contribution in [3.63, 3.8) is 0 Å². The lowest BCUT2D eigenvalue weighted by Gasteiger charge is -2.20. The molecule has 0 spiro atoms. The minimum Gasteiger partial charge on any atom is -0.481 e. The van der Waals surface area contributed by atoms with Gasteiger partial charge in [-0.15, -0.1) is 0 Å². The molecule has 2 N–H and O–H groups in total. The first-order chi connectivity index (χ1) is 8.40. The molecule has 1 atom stereocenters. The summed E-state index contributed by atoms with van der Waals surface area (Å²) in [6.45, 7) is 0.721. The fourth-order valence-corrected chi connectivity index (χ4v) is 1.80.